The maximum Gasteiger partial charge on any atom is 0.328 e. The number of aromatic amines is 1. The Kier molecular flexibility index (Phi) is 5.31. The van der Waals surface area contributed by atoms with Gasteiger partial charge in [-0.05, 0) is 6.92 Å². The van der Waals surface area contributed by atoms with Gasteiger partial charge in [-0.3, -0.25) is 23.9 Å². The average molecular weight is 292 g/mol. The van der Waals surface area contributed by atoms with E-state index in [9.17, 15) is 19.2 Å². The van der Waals surface area contributed by atoms with Crippen molar-refractivity contribution >= 4 is 17.5 Å². The minimum atomic E-state index is -1.26. The normalized spacial score (nSPS) is 11.2. The Morgan fingerprint density at radius 2 is 2.19 bits per heavy atom. The van der Waals surface area contributed by atoms with Gasteiger partial charge >= 0.3 is 11.7 Å². The van der Waals surface area contributed by atoms with E-state index in [4.69, 9.17) is 10.7 Å². The smallest absolute Gasteiger partial charge is 0.328 e. The van der Waals surface area contributed by atoms with Crippen molar-refractivity contribution in [1.82, 2.24) is 9.55 Å². The molecule has 2 N–H and O–H groups in total. The molecule has 0 spiro atoms. The standard InChI is InChI=1S/C12H12N4O5/c1-7(14)8(4-13)9(17)6-21-11(19)5-16-3-2-10(18)15-12(16)20/h2-3,8,14H,5-6H2,1H3,(H,15,18,20). The van der Waals surface area contributed by atoms with Gasteiger partial charge in [0, 0.05) is 18.0 Å². The summed E-state index contributed by atoms with van der Waals surface area (Å²) in [6, 6.07) is 2.69. The molecule has 0 radical (unpaired) electrons. The van der Waals surface area contributed by atoms with Gasteiger partial charge in [-0.2, -0.15) is 5.26 Å². The Morgan fingerprint density at radius 3 is 2.71 bits per heavy atom. The van der Waals surface area contributed by atoms with Crippen LogP contribution in [0.1, 0.15) is 6.92 Å². The van der Waals surface area contributed by atoms with Crippen LogP contribution in [0.15, 0.2) is 21.9 Å². The zero-order valence-corrected chi connectivity index (χ0v) is 11.1. The second kappa shape index (κ2) is 6.95. The Hall–Kier alpha value is -3.02. The first kappa shape index (κ1) is 16.0. The number of nitrogens with zero attached hydrogens (tertiary/aromatic N) is 2. The van der Waals surface area contributed by atoms with Gasteiger partial charge < -0.3 is 10.1 Å². The van der Waals surface area contributed by atoms with E-state index in [0.717, 1.165) is 16.8 Å². The third kappa shape index (κ3) is 4.54. The SMILES string of the molecule is CC(=N)C(C#N)C(=O)COC(=O)Cn1ccc(=O)[nH]c1=O. The first-order valence-corrected chi connectivity index (χ1v) is 5.78. The number of nitriles is 1. The molecule has 0 saturated carbocycles. The summed E-state index contributed by atoms with van der Waals surface area (Å²) in [4.78, 5) is 47.1. The quantitative estimate of drug-likeness (QED) is 0.499. The highest BCUT2D eigenvalue weighted by Crippen LogP contribution is 2.00. The van der Waals surface area contributed by atoms with Crippen molar-refractivity contribution in [2.24, 2.45) is 5.92 Å². The Bertz CT molecular complexity index is 724. The van der Waals surface area contributed by atoms with Crippen molar-refractivity contribution in [3.8, 4) is 6.07 Å². The van der Waals surface area contributed by atoms with E-state index in [0.29, 0.717) is 0 Å². The molecule has 0 amide bonds. The Labute approximate surface area is 118 Å². The first-order valence-electron chi connectivity index (χ1n) is 5.78. The minimum Gasteiger partial charge on any atom is -0.456 e. The molecule has 9 heteroatoms. The lowest BCUT2D eigenvalue weighted by molar-refractivity contribution is -0.148. The van der Waals surface area contributed by atoms with Gasteiger partial charge in [-0.15, -0.1) is 0 Å². The van der Waals surface area contributed by atoms with Gasteiger partial charge in [0.15, 0.2) is 12.4 Å². The number of ketones is 1. The van der Waals surface area contributed by atoms with Crippen molar-refractivity contribution in [3.05, 3.63) is 33.1 Å². The largest absolute Gasteiger partial charge is 0.456 e. The van der Waals surface area contributed by atoms with Crippen LogP contribution in [0, 0.1) is 22.7 Å². The van der Waals surface area contributed by atoms with Crippen LogP contribution in [0.4, 0.5) is 0 Å². The van der Waals surface area contributed by atoms with E-state index in [1.807, 2.05) is 4.98 Å². The molecule has 1 aromatic heterocycles. The van der Waals surface area contributed by atoms with Gasteiger partial charge in [0.2, 0.25) is 0 Å². The fraction of sp³-hybridized carbons (Fsp3) is 0.333. The summed E-state index contributed by atoms with van der Waals surface area (Å²) in [5.41, 5.74) is -1.52. The van der Waals surface area contributed by atoms with Crippen LogP contribution in [-0.2, 0) is 20.9 Å². The van der Waals surface area contributed by atoms with E-state index < -0.39 is 42.1 Å². The third-order valence-corrected chi connectivity index (χ3v) is 2.46. The second-order valence-electron chi connectivity index (χ2n) is 4.11. The van der Waals surface area contributed by atoms with Gasteiger partial charge in [0.05, 0.1) is 6.07 Å². The van der Waals surface area contributed by atoms with Gasteiger partial charge in [-0.1, -0.05) is 0 Å². The topological polar surface area (TPSA) is 146 Å². The minimum absolute atomic E-state index is 0.143. The number of ether oxygens (including phenoxy) is 1. The molecule has 0 bridgehead atoms. The van der Waals surface area contributed by atoms with E-state index in [1.165, 1.54) is 6.92 Å². The summed E-state index contributed by atoms with van der Waals surface area (Å²) in [6.45, 7) is 0.155. The summed E-state index contributed by atoms with van der Waals surface area (Å²) >= 11 is 0. The van der Waals surface area contributed by atoms with Crippen molar-refractivity contribution < 1.29 is 14.3 Å². The molecule has 0 aliphatic carbocycles. The number of aromatic nitrogens is 2. The number of H-pyrrole nitrogens is 1. The summed E-state index contributed by atoms with van der Waals surface area (Å²) in [6.07, 6.45) is 1.12. The van der Waals surface area contributed by atoms with Crippen LogP contribution >= 0.6 is 0 Å². The molecule has 0 aliphatic rings. The number of carbonyl (C=O) groups excluding carboxylic acids is 2. The van der Waals surface area contributed by atoms with Crippen LogP contribution < -0.4 is 11.2 Å². The Balaban J connectivity index is 2.61. The molecule has 1 atom stereocenters. The molecular weight excluding hydrogens is 280 g/mol. The number of rotatable bonds is 6. The molecule has 1 heterocycles. The summed E-state index contributed by atoms with van der Waals surface area (Å²) < 4.78 is 5.54. The third-order valence-electron chi connectivity index (χ3n) is 2.46. The number of hydrogen-bond donors (Lipinski definition) is 2. The van der Waals surface area contributed by atoms with Crippen LogP contribution in [-0.4, -0.2) is 33.6 Å². The zero-order valence-electron chi connectivity index (χ0n) is 11.1. The van der Waals surface area contributed by atoms with Crippen molar-refractivity contribution in [2.75, 3.05) is 6.61 Å². The van der Waals surface area contributed by atoms with E-state index in [1.54, 1.807) is 6.07 Å². The predicted molar refractivity (Wildman–Crippen MR) is 69.8 cm³/mol. The van der Waals surface area contributed by atoms with E-state index in [-0.39, 0.29) is 5.71 Å². The molecular formula is C12H12N4O5. The van der Waals surface area contributed by atoms with Crippen molar-refractivity contribution in [2.45, 2.75) is 13.5 Å². The predicted octanol–water partition coefficient (Wildman–Crippen LogP) is -1.17. The fourth-order valence-electron chi connectivity index (χ4n) is 1.40. The maximum atomic E-state index is 11.5. The van der Waals surface area contributed by atoms with Crippen LogP contribution in [0.5, 0.6) is 0 Å². The number of hydrogen-bond acceptors (Lipinski definition) is 7. The Morgan fingerprint density at radius 1 is 1.52 bits per heavy atom. The number of esters is 1. The first-order chi connectivity index (χ1) is 9.85. The van der Waals surface area contributed by atoms with Crippen molar-refractivity contribution in [3.63, 3.8) is 0 Å². The van der Waals surface area contributed by atoms with E-state index >= 15 is 0 Å². The highest BCUT2D eigenvalue weighted by Gasteiger charge is 2.21. The molecule has 0 aliphatic heterocycles. The number of carbonyl (C=O) groups is 2. The fourth-order valence-corrected chi connectivity index (χ4v) is 1.40. The van der Waals surface area contributed by atoms with Crippen LogP contribution in [0.3, 0.4) is 0 Å². The molecule has 1 rings (SSSR count). The van der Waals surface area contributed by atoms with E-state index in [2.05, 4.69) is 4.74 Å². The molecule has 1 unspecified atom stereocenters. The van der Waals surface area contributed by atoms with Gasteiger partial charge in [0.1, 0.15) is 12.5 Å². The molecule has 0 aromatic carbocycles. The summed E-state index contributed by atoms with van der Waals surface area (Å²) in [5.74, 6) is -2.85. The second-order valence-corrected chi connectivity index (χ2v) is 4.11. The zero-order chi connectivity index (χ0) is 16.0. The molecule has 1 aromatic rings. The lowest BCUT2D eigenvalue weighted by Crippen LogP contribution is -2.32. The van der Waals surface area contributed by atoms with Crippen molar-refractivity contribution in [1.29, 1.82) is 10.7 Å². The van der Waals surface area contributed by atoms with Crippen LogP contribution in [0.25, 0.3) is 0 Å². The molecule has 9 nitrogen and oxygen atoms in total. The monoisotopic (exact) mass is 292 g/mol. The summed E-state index contributed by atoms with van der Waals surface area (Å²) in [7, 11) is 0. The molecule has 110 valence electrons. The molecule has 21 heavy (non-hydrogen) atoms. The summed E-state index contributed by atoms with van der Waals surface area (Å²) in [5, 5.41) is 15.9. The van der Waals surface area contributed by atoms with Crippen LogP contribution in [0.2, 0.25) is 0 Å². The molecule has 0 saturated heterocycles. The lowest BCUT2D eigenvalue weighted by atomic mass is 10.0. The highest BCUT2D eigenvalue weighted by atomic mass is 16.5. The lowest BCUT2D eigenvalue weighted by Gasteiger charge is -2.08. The van der Waals surface area contributed by atoms with Gasteiger partial charge in [-0.25, -0.2) is 4.79 Å². The molecule has 0 fully saturated rings. The average Bonchev–Trinajstić information content (AvgIpc) is 2.40. The number of Topliss-reactive ketones (excluding diaryl/α,β-unsaturated/α-hetero) is 1. The highest BCUT2D eigenvalue weighted by molar-refractivity contribution is 6.05. The van der Waals surface area contributed by atoms with Gasteiger partial charge in [0.25, 0.3) is 5.56 Å². The maximum absolute atomic E-state index is 11.5. The number of nitrogens with one attached hydrogen (secondary N) is 2.